The Bertz CT molecular complexity index is 954. The van der Waals surface area contributed by atoms with Crippen molar-refractivity contribution in [3.05, 3.63) is 71.4 Å². The molecule has 0 aliphatic rings. The van der Waals surface area contributed by atoms with Crippen molar-refractivity contribution in [3.8, 4) is 16.9 Å². The number of benzene rings is 2. The molecule has 0 unspecified atom stereocenters. The molecule has 3 rings (SSSR count). The first-order valence-corrected chi connectivity index (χ1v) is 11.0. The topological polar surface area (TPSA) is 27.5 Å². The predicted octanol–water partition coefficient (Wildman–Crippen LogP) is 4.16. The summed E-state index contributed by atoms with van der Waals surface area (Å²) in [4.78, 5) is 6.62. The molecule has 0 aliphatic heterocycles. The van der Waals surface area contributed by atoms with Crippen LogP contribution >= 0.6 is 0 Å². The minimum absolute atomic E-state index is 0.858. The third-order valence-electron chi connectivity index (χ3n) is 5.25. The molecule has 0 aliphatic carbocycles. The first-order chi connectivity index (χ1) is 14.8. The smallest absolute Gasteiger partial charge is 0.0972 e. The fourth-order valence-electron chi connectivity index (χ4n) is 3.83. The van der Waals surface area contributed by atoms with Crippen molar-refractivity contribution in [1.29, 1.82) is 0 Å². The van der Waals surface area contributed by atoms with Crippen LogP contribution in [0, 0.1) is 0 Å². The van der Waals surface area contributed by atoms with Gasteiger partial charge in [-0.25, -0.2) is 4.68 Å². The highest BCUT2D eigenvalue weighted by molar-refractivity contribution is 5.63. The van der Waals surface area contributed by atoms with Gasteiger partial charge in [0.2, 0.25) is 0 Å². The Morgan fingerprint density at radius 1 is 0.774 bits per heavy atom. The Hall–Kier alpha value is -2.47. The molecule has 0 amide bonds. The number of rotatable bonds is 10. The number of aryl methyl sites for hydroxylation is 1. The zero-order valence-corrected chi connectivity index (χ0v) is 20.0. The van der Waals surface area contributed by atoms with E-state index in [9.17, 15) is 0 Å². The van der Waals surface area contributed by atoms with Gasteiger partial charge in [-0.15, -0.1) is 0 Å². The van der Waals surface area contributed by atoms with Gasteiger partial charge in [0.25, 0.3) is 0 Å². The second-order valence-corrected chi connectivity index (χ2v) is 9.20. The van der Waals surface area contributed by atoms with Gasteiger partial charge in [-0.2, -0.15) is 5.10 Å². The lowest BCUT2D eigenvalue weighted by Crippen LogP contribution is -2.13. The van der Waals surface area contributed by atoms with Crippen molar-refractivity contribution in [2.24, 2.45) is 0 Å². The zero-order chi connectivity index (χ0) is 22.4. The summed E-state index contributed by atoms with van der Waals surface area (Å²) in [5.41, 5.74) is 7.25. The highest BCUT2D eigenvalue weighted by Gasteiger charge is 2.13. The summed E-state index contributed by atoms with van der Waals surface area (Å²) >= 11 is 0. The maximum atomic E-state index is 5.01. The van der Waals surface area contributed by atoms with Gasteiger partial charge in [0.1, 0.15) is 0 Å². The molecule has 0 saturated carbocycles. The maximum Gasteiger partial charge on any atom is 0.0972 e. The van der Waals surface area contributed by atoms with Crippen LogP contribution in [0.4, 0.5) is 0 Å². The summed E-state index contributed by atoms with van der Waals surface area (Å²) in [5.74, 6) is 0. The number of aromatic nitrogens is 2. The molecule has 166 valence electrons. The Morgan fingerprint density at radius 3 is 2.13 bits per heavy atom. The van der Waals surface area contributed by atoms with E-state index in [1.807, 2.05) is 4.68 Å². The average Bonchev–Trinajstić information content (AvgIpc) is 3.11. The van der Waals surface area contributed by atoms with Gasteiger partial charge >= 0.3 is 0 Å². The van der Waals surface area contributed by atoms with Crippen LogP contribution in [-0.4, -0.2) is 73.3 Å². The molecule has 0 atom stereocenters. The molecule has 0 bridgehead atoms. The normalized spacial score (nSPS) is 11.8. The monoisotopic (exact) mass is 419 g/mol. The van der Waals surface area contributed by atoms with Crippen LogP contribution in [0.25, 0.3) is 16.9 Å². The molecule has 0 saturated heterocycles. The third kappa shape index (κ3) is 6.76. The molecule has 1 heterocycles. The second-order valence-electron chi connectivity index (χ2n) is 9.20. The minimum atomic E-state index is 0.858. The third-order valence-corrected chi connectivity index (χ3v) is 5.25. The zero-order valence-electron chi connectivity index (χ0n) is 20.0. The highest BCUT2D eigenvalue weighted by Crippen LogP contribution is 2.26. The SMILES string of the molecule is CN(C)CCCc1ccc(-c2nn(-c3cccc(CN(C)C)c3)cc2CN(C)C)cc1. The van der Waals surface area contributed by atoms with Crippen LogP contribution in [0.3, 0.4) is 0 Å². The van der Waals surface area contributed by atoms with Gasteiger partial charge in [0.15, 0.2) is 0 Å². The number of hydrogen-bond donors (Lipinski definition) is 0. The first-order valence-electron chi connectivity index (χ1n) is 11.0. The van der Waals surface area contributed by atoms with E-state index >= 15 is 0 Å². The fraction of sp³-hybridized carbons (Fsp3) is 0.423. The lowest BCUT2D eigenvalue weighted by molar-refractivity contribution is 0.400. The fourth-order valence-corrected chi connectivity index (χ4v) is 3.83. The van der Waals surface area contributed by atoms with Crippen LogP contribution < -0.4 is 0 Å². The van der Waals surface area contributed by atoms with Gasteiger partial charge in [-0.1, -0.05) is 36.4 Å². The van der Waals surface area contributed by atoms with Crippen LogP contribution in [0.15, 0.2) is 54.7 Å². The molecule has 1 aromatic heterocycles. The van der Waals surface area contributed by atoms with E-state index in [0.29, 0.717) is 0 Å². The lowest BCUT2D eigenvalue weighted by atomic mass is 10.0. The van der Waals surface area contributed by atoms with Crippen molar-refractivity contribution in [2.45, 2.75) is 25.9 Å². The lowest BCUT2D eigenvalue weighted by Gasteiger charge is -2.11. The summed E-state index contributed by atoms with van der Waals surface area (Å²) in [6.07, 6.45) is 4.46. The van der Waals surface area contributed by atoms with Crippen LogP contribution in [-0.2, 0) is 19.5 Å². The molecular weight excluding hydrogens is 382 g/mol. The standard InChI is InChI=1S/C26H37N5/c1-28(2)16-8-10-21-12-14-23(15-13-21)26-24(19-30(5)6)20-31(27-26)25-11-7-9-22(17-25)18-29(3)4/h7,9,11-15,17,20H,8,10,16,18-19H2,1-6H3. The molecule has 2 aromatic carbocycles. The maximum absolute atomic E-state index is 5.01. The summed E-state index contributed by atoms with van der Waals surface area (Å²) < 4.78 is 2.03. The molecule has 3 aromatic rings. The van der Waals surface area contributed by atoms with E-state index in [2.05, 4.69) is 112 Å². The van der Waals surface area contributed by atoms with Gasteiger partial charge < -0.3 is 14.7 Å². The van der Waals surface area contributed by atoms with Crippen molar-refractivity contribution in [2.75, 3.05) is 48.8 Å². The van der Waals surface area contributed by atoms with E-state index in [1.54, 1.807) is 0 Å². The largest absolute Gasteiger partial charge is 0.309 e. The molecular formula is C26H37N5. The summed E-state index contributed by atoms with van der Waals surface area (Å²) in [6.45, 7) is 2.89. The van der Waals surface area contributed by atoms with E-state index in [-0.39, 0.29) is 0 Å². The van der Waals surface area contributed by atoms with Crippen LogP contribution in [0.5, 0.6) is 0 Å². The van der Waals surface area contributed by atoms with Crippen molar-refractivity contribution >= 4 is 0 Å². The van der Waals surface area contributed by atoms with Gasteiger partial charge in [-0.05, 0) is 84.9 Å². The van der Waals surface area contributed by atoms with E-state index in [4.69, 9.17) is 5.10 Å². The Kier molecular flexibility index (Phi) is 8.02. The summed E-state index contributed by atoms with van der Waals surface area (Å²) in [5, 5.41) is 5.01. The predicted molar refractivity (Wildman–Crippen MR) is 131 cm³/mol. The number of nitrogens with zero attached hydrogens (tertiary/aromatic N) is 5. The Morgan fingerprint density at radius 2 is 1.48 bits per heavy atom. The molecule has 0 radical (unpaired) electrons. The summed E-state index contributed by atoms with van der Waals surface area (Å²) in [7, 11) is 12.7. The van der Waals surface area contributed by atoms with Crippen molar-refractivity contribution in [3.63, 3.8) is 0 Å². The first kappa shape index (κ1) is 23.2. The second kappa shape index (κ2) is 10.7. The van der Waals surface area contributed by atoms with Gasteiger partial charge in [0.05, 0.1) is 11.4 Å². The molecule has 0 fully saturated rings. The molecule has 5 heteroatoms. The highest BCUT2D eigenvalue weighted by atomic mass is 15.3. The van der Waals surface area contributed by atoms with E-state index in [1.165, 1.54) is 28.7 Å². The van der Waals surface area contributed by atoms with Gasteiger partial charge in [-0.3, -0.25) is 0 Å². The van der Waals surface area contributed by atoms with Crippen LogP contribution in [0.1, 0.15) is 23.1 Å². The number of hydrogen-bond acceptors (Lipinski definition) is 4. The van der Waals surface area contributed by atoms with E-state index < -0.39 is 0 Å². The Labute approximate surface area is 187 Å². The average molecular weight is 420 g/mol. The van der Waals surface area contributed by atoms with Crippen molar-refractivity contribution < 1.29 is 0 Å². The van der Waals surface area contributed by atoms with Gasteiger partial charge in [0, 0.05) is 30.4 Å². The molecule has 5 nitrogen and oxygen atoms in total. The molecule has 31 heavy (non-hydrogen) atoms. The quantitative estimate of drug-likeness (QED) is 0.493. The van der Waals surface area contributed by atoms with E-state index in [0.717, 1.165) is 37.4 Å². The molecule has 0 N–H and O–H groups in total. The van der Waals surface area contributed by atoms with Crippen LogP contribution in [0.2, 0.25) is 0 Å². The minimum Gasteiger partial charge on any atom is -0.309 e. The van der Waals surface area contributed by atoms with Crippen molar-refractivity contribution in [1.82, 2.24) is 24.5 Å². The molecule has 0 spiro atoms. The summed E-state index contributed by atoms with van der Waals surface area (Å²) in [6, 6.07) is 17.6. The Balaban J connectivity index is 1.87.